The van der Waals surface area contributed by atoms with Crippen LogP contribution in [0.2, 0.25) is 0 Å². The van der Waals surface area contributed by atoms with Crippen molar-refractivity contribution in [1.82, 2.24) is 10.6 Å². The Morgan fingerprint density at radius 2 is 1.65 bits per heavy atom. The van der Waals surface area contributed by atoms with Gasteiger partial charge >= 0.3 is 0 Å². The Bertz CT molecular complexity index is 711. The van der Waals surface area contributed by atoms with E-state index in [1.54, 1.807) is 25.2 Å². The first-order valence-electron chi connectivity index (χ1n) is 8.07. The SMILES string of the molecule is CN=C(NCc1cccc(C)c1)NCc1cccc(OCC(F)F)c1.I. The summed E-state index contributed by atoms with van der Waals surface area (Å²) in [5.41, 5.74) is 3.30. The van der Waals surface area contributed by atoms with Crippen LogP contribution in [0.3, 0.4) is 0 Å². The van der Waals surface area contributed by atoms with Crippen molar-refractivity contribution in [3.63, 3.8) is 0 Å². The van der Waals surface area contributed by atoms with Crippen molar-refractivity contribution in [3.8, 4) is 5.75 Å². The molecule has 0 radical (unpaired) electrons. The molecule has 142 valence electrons. The lowest BCUT2D eigenvalue weighted by Gasteiger charge is -2.13. The van der Waals surface area contributed by atoms with Crippen molar-refractivity contribution in [1.29, 1.82) is 0 Å². The molecule has 0 aromatic heterocycles. The number of aliphatic imine (C=N–C) groups is 1. The molecule has 2 rings (SSSR count). The number of hydrogen-bond acceptors (Lipinski definition) is 2. The van der Waals surface area contributed by atoms with E-state index in [1.165, 1.54) is 11.1 Å². The summed E-state index contributed by atoms with van der Waals surface area (Å²) in [6.07, 6.45) is -2.48. The Balaban J connectivity index is 0.00000338. The second-order valence-corrected chi connectivity index (χ2v) is 5.62. The highest BCUT2D eigenvalue weighted by molar-refractivity contribution is 14.0. The van der Waals surface area contributed by atoms with E-state index >= 15 is 0 Å². The van der Waals surface area contributed by atoms with Gasteiger partial charge in [-0.25, -0.2) is 8.78 Å². The van der Waals surface area contributed by atoms with Crippen LogP contribution in [0.4, 0.5) is 8.78 Å². The van der Waals surface area contributed by atoms with E-state index in [1.807, 2.05) is 12.1 Å². The van der Waals surface area contributed by atoms with Gasteiger partial charge in [-0.15, -0.1) is 24.0 Å². The predicted octanol–water partition coefficient (Wildman–Crippen LogP) is 4.12. The largest absolute Gasteiger partial charge is 0.488 e. The highest BCUT2D eigenvalue weighted by Crippen LogP contribution is 2.14. The van der Waals surface area contributed by atoms with E-state index < -0.39 is 13.0 Å². The topological polar surface area (TPSA) is 45.7 Å². The molecule has 0 saturated heterocycles. The van der Waals surface area contributed by atoms with Gasteiger partial charge in [0.05, 0.1) is 0 Å². The Morgan fingerprint density at radius 3 is 2.23 bits per heavy atom. The zero-order valence-corrected chi connectivity index (χ0v) is 17.2. The van der Waals surface area contributed by atoms with Gasteiger partial charge in [-0.05, 0) is 30.2 Å². The molecule has 4 nitrogen and oxygen atoms in total. The number of guanidine groups is 1. The van der Waals surface area contributed by atoms with Gasteiger partial charge in [-0.2, -0.15) is 0 Å². The van der Waals surface area contributed by atoms with Gasteiger partial charge in [0.2, 0.25) is 0 Å². The van der Waals surface area contributed by atoms with Crippen LogP contribution in [0.25, 0.3) is 0 Å². The molecule has 0 fully saturated rings. The van der Waals surface area contributed by atoms with Crippen LogP contribution in [0, 0.1) is 6.92 Å². The molecule has 0 heterocycles. The Kier molecular flexibility index (Phi) is 9.93. The fourth-order valence-corrected chi connectivity index (χ4v) is 2.32. The molecule has 7 heteroatoms. The maximum Gasteiger partial charge on any atom is 0.272 e. The molecular weight excluding hydrogens is 451 g/mol. The van der Waals surface area contributed by atoms with Gasteiger partial charge in [0.25, 0.3) is 6.43 Å². The summed E-state index contributed by atoms with van der Waals surface area (Å²) in [4.78, 5) is 4.19. The van der Waals surface area contributed by atoms with Crippen LogP contribution in [0.1, 0.15) is 16.7 Å². The van der Waals surface area contributed by atoms with Gasteiger partial charge in [0.1, 0.15) is 12.4 Å². The molecule has 0 aliphatic carbocycles. The summed E-state index contributed by atoms with van der Waals surface area (Å²) in [7, 11) is 1.70. The number of nitrogens with zero attached hydrogens (tertiary/aromatic N) is 1. The van der Waals surface area contributed by atoms with E-state index in [0.717, 1.165) is 5.56 Å². The average molecular weight is 475 g/mol. The van der Waals surface area contributed by atoms with Crippen LogP contribution in [0.5, 0.6) is 5.75 Å². The summed E-state index contributed by atoms with van der Waals surface area (Å²) < 4.78 is 29.5. The number of alkyl halides is 2. The third-order valence-corrected chi connectivity index (χ3v) is 3.50. The standard InChI is InChI=1S/C19H23F2N3O.HI/c1-14-5-3-6-15(9-14)11-23-19(22-2)24-12-16-7-4-8-17(10-16)25-13-18(20)21;/h3-10,18H,11-13H2,1-2H3,(H2,22,23,24);1H. The van der Waals surface area contributed by atoms with Crippen molar-refractivity contribution in [2.75, 3.05) is 13.7 Å². The Morgan fingerprint density at radius 1 is 1.04 bits per heavy atom. The number of nitrogens with one attached hydrogen (secondary N) is 2. The van der Waals surface area contributed by atoms with Gasteiger partial charge < -0.3 is 15.4 Å². The lowest BCUT2D eigenvalue weighted by atomic mass is 10.1. The van der Waals surface area contributed by atoms with Gasteiger partial charge in [-0.1, -0.05) is 42.0 Å². The van der Waals surface area contributed by atoms with Gasteiger partial charge in [0, 0.05) is 20.1 Å². The Hall–Kier alpha value is -1.90. The lowest BCUT2D eigenvalue weighted by molar-refractivity contribution is 0.0818. The third kappa shape index (κ3) is 7.99. The van der Waals surface area contributed by atoms with Crippen LogP contribution >= 0.6 is 24.0 Å². The molecule has 2 aromatic rings. The number of rotatable bonds is 7. The number of benzene rings is 2. The molecule has 0 aliphatic heterocycles. The van der Waals surface area contributed by atoms with Crippen molar-refractivity contribution in [2.24, 2.45) is 4.99 Å². The summed E-state index contributed by atoms with van der Waals surface area (Å²) >= 11 is 0. The average Bonchev–Trinajstić information content (AvgIpc) is 2.60. The maximum atomic E-state index is 12.2. The minimum atomic E-state index is -2.48. The van der Waals surface area contributed by atoms with E-state index in [9.17, 15) is 8.78 Å². The summed E-state index contributed by atoms with van der Waals surface area (Å²) in [5, 5.41) is 6.44. The molecule has 2 aromatic carbocycles. The van der Waals surface area contributed by atoms with E-state index in [4.69, 9.17) is 4.74 Å². The Labute approximate surface area is 170 Å². The minimum Gasteiger partial charge on any atom is -0.488 e. The van der Waals surface area contributed by atoms with E-state index in [2.05, 4.69) is 40.7 Å². The summed E-state index contributed by atoms with van der Waals surface area (Å²) in [6.45, 7) is 2.63. The molecular formula is C19H24F2IN3O. The summed E-state index contributed by atoms with van der Waals surface area (Å²) in [6, 6.07) is 15.3. The van der Waals surface area contributed by atoms with Gasteiger partial charge in [0.15, 0.2) is 5.96 Å². The highest BCUT2D eigenvalue weighted by Gasteiger charge is 2.05. The number of halogens is 3. The molecule has 0 atom stereocenters. The van der Waals surface area contributed by atoms with Crippen molar-refractivity contribution in [3.05, 3.63) is 65.2 Å². The number of ether oxygens (including phenoxy) is 1. The molecule has 0 unspecified atom stereocenters. The fourth-order valence-electron chi connectivity index (χ4n) is 2.32. The minimum absolute atomic E-state index is 0. The molecule has 0 spiro atoms. The third-order valence-electron chi connectivity index (χ3n) is 3.50. The number of aryl methyl sites for hydroxylation is 1. The number of hydrogen-bond donors (Lipinski definition) is 2. The molecule has 0 bridgehead atoms. The van der Waals surface area contributed by atoms with Crippen LogP contribution in [0.15, 0.2) is 53.5 Å². The monoisotopic (exact) mass is 475 g/mol. The predicted molar refractivity (Wildman–Crippen MR) is 112 cm³/mol. The second kappa shape index (κ2) is 11.7. The van der Waals surface area contributed by atoms with Crippen molar-refractivity contribution < 1.29 is 13.5 Å². The van der Waals surface area contributed by atoms with Crippen LogP contribution in [-0.4, -0.2) is 26.0 Å². The second-order valence-electron chi connectivity index (χ2n) is 5.62. The van der Waals surface area contributed by atoms with Crippen LogP contribution < -0.4 is 15.4 Å². The first-order chi connectivity index (χ1) is 12.1. The zero-order valence-electron chi connectivity index (χ0n) is 14.8. The highest BCUT2D eigenvalue weighted by atomic mass is 127. The van der Waals surface area contributed by atoms with Gasteiger partial charge in [-0.3, -0.25) is 4.99 Å². The smallest absolute Gasteiger partial charge is 0.272 e. The molecule has 0 aliphatic rings. The normalized spacial score (nSPS) is 11.0. The van der Waals surface area contributed by atoms with E-state index in [-0.39, 0.29) is 24.0 Å². The molecule has 0 amide bonds. The fraction of sp³-hybridized carbons (Fsp3) is 0.316. The first-order valence-corrected chi connectivity index (χ1v) is 8.07. The first kappa shape index (κ1) is 22.1. The zero-order chi connectivity index (χ0) is 18.1. The van der Waals surface area contributed by atoms with Crippen LogP contribution in [-0.2, 0) is 13.1 Å². The van der Waals surface area contributed by atoms with Crippen molar-refractivity contribution >= 4 is 29.9 Å². The van der Waals surface area contributed by atoms with Crippen molar-refractivity contribution in [2.45, 2.75) is 26.4 Å². The van der Waals surface area contributed by atoms with E-state index in [0.29, 0.717) is 24.8 Å². The molecule has 26 heavy (non-hydrogen) atoms. The summed E-state index contributed by atoms with van der Waals surface area (Å²) in [5.74, 6) is 1.10. The molecule has 0 saturated carbocycles. The quantitative estimate of drug-likeness (QED) is 0.360. The maximum absolute atomic E-state index is 12.2. The molecule has 2 N–H and O–H groups in total. The lowest BCUT2D eigenvalue weighted by Crippen LogP contribution is -2.36.